The Balaban J connectivity index is 2.28. The molecule has 2 rings (SSSR count). The van der Waals surface area contributed by atoms with Gasteiger partial charge in [-0.25, -0.2) is 0 Å². The standard InChI is InChI=1S/C12H17N3O3/c1-12(2)7-14(8-13-12)9-4-5-10(15(16)17)11(6-9)18-3/h4-6,13H,7-8H2,1-3H3. The van der Waals surface area contributed by atoms with Crippen LogP contribution in [0.15, 0.2) is 18.2 Å². The molecule has 0 atom stereocenters. The van der Waals surface area contributed by atoms with Crippen LogP contribution >= 0.6 is 0 Å². The van der Waals surface area contributed by atoms with Gasteiger partial charge in [-0.15, -0.1) is 0 Å². The maximum absolute atomic E-state index is 10.8. The average Bonchev–Trinajstić information content (AvgIpc) is 2.68. The van der Waals surface area contributed by atoms with Crippen LogP contribution in [0.5, 0.6) is 5.75 Å². The van der Waals surface area contributed by atoms with Crippen LogP contribution in [0.1, 0.15) is 13.8 Å². The lowest BCUT2D eigenvalue weighted by Crippen LogP contribution is -2.34. The lowest BCUT2D eigenvalue weighted by Gasteiger charge is -2.20. The van der Waals surface area contributed by atoms with Gasteiger partial charge in [0.1, 0.15) is 0 Å². The molecule has 0 aromatic heterocycles. The highest BCUT2D eigenvalue weighted by atomic mass is 16.6. The maximum atomic E-state index is 10.8. The zero-order valence-corrected chi connectivity index (χ0v) is 10.8. The molecular formula is C12H17N3O3. The fraction of sp³-hybridized carbons (Fsp3) is 0.500. The minimum Gasteiger partial charge on any atom is -0.490 e. The molecule has 1 heterocycles. The molecule has 1 fully saturated rings. The second-order valence-electron chi connectivity index (χ2n) is 5.03. The molecule has 1 saturated heterocycles. The molecule has 6 nitrogen and oxygen atoms in total. The summed E-state index contributed by atoms with van der Waals surface area (Å²) in [5, 5.41) is 14.2. The van der Waals surface area contributed by atoms with Gasteiger partial charge >= 0.3 is 5.69 Å². The van der Waals surface area contributed by atoms with Crippen LogP contribution in [-0.2, 0) is 0 Å². The van der Waals surface area contributed by atoms with E-state index in [1.165, 1.54) is 13.2 Å². The highest BCUT2D eigenvalue weighted by Gasteiger charge is 2.29. The molecule has 18 heavy (non-hydrogen) atoms. The van der Waals surface area contributed by atoms with E-state index in [0.717, 1.165) is 18.9 Å². The topological polar surface area (TPSA) is 67.6 Å². The molecule has 1 aliphatic rings. The highest BCUT2D eigenvalue weighted by Crippen LogP contribution is 2.32. The number of rotatable bonds is 3. The van der Waals surface area contributed by atoms with Crippen LogP contribution in [0, 0.1) is 10.1 Å². The zero-order valence-electron chi connectivity index (χ0n) is 10.8. The Bertz CT molecular complexity index is 474. The molecule has 0 radical (unpaired) electrons. The molecule has 0 saturated carbocycles. The molecule has 1 aromatic carbocycles. The molecule has 0 aliphatic carbocycles. The lowest BCUT2D eigenvalue weighted by atomic mass is 10.1. The van der Waals surface area contributed by atoms with Crippen molar-refractivity contribution in [1.29, 1.82) is 0 Å². The van der Waals surface area contributed by atoms with Gasteiger partial charge in [0.15, 0.2) is 5.75 Å². The summed E-state index contributed by atoms with van der Waals surface area (Å²) in [6.45, 7) is 5.83. The minimum atomic E-state index is -0.436. The van der Waals surface area contributed by atoms with E-state index in [-0.39, 0.29) is 11.2 Å². The Kier molecular flexibility index (Phi) is 3.13. The van der Waals surface area contributed by atoms with Crippen LogP contribution in [0.3, 0.4) is 0 Å². The lowest BCUT2D eigenvalue weighted by molar-refractivity contribution is -0.385. The summed E-state index contributed by atoms with van der Waals surface area (Å²) in [5.41, 5.74) is 0.970. The fourth-order valence-corrected chi connectivity index (χ4v) is 2.09. The van der Waals surface area contributed by atoms with Crippen LogP contribution in [-0.4, -0.2) is 30.8 Å². The van der Waals surface area contributed by atoms with Gasteiger partial charge in [-0.2, -0.15) is 0 Å². The molecule has 1 aromatic rings. The van der Waals surface area contributed by atoms with E-state index < -0.39 is 4.92 Å². The number of nitro groups is 1. The van der Waals surface area contributed by atoms with Gasteiger partial charge in [0, 0.05) is 29.9 Å². The maximum Gasteiger partial charge on any atom is 0.311 e. The molecule has 6 heteroatoms. The number of methoxy groups -OCH3 is 1. The third kappa shape index (κ3) is 2.38. The van der Waals surface area contributed by atoms with E-state index in [4.69, 9.17) is 4.74 Å². The molecule has 0 unspecified atom stereocenters. The normalized spacial score (nSPS) is 17.8. The molecule has 1 N–H and O–H groups in total. The van der Waals surface area contributed by atoms with Crippen molar-refractivity contribution < 1.29 is 9.66 Å². The number of nitro benzene ring substituents is 1. The second-order valence-corrected chi connectivity index (χ2v) is 5.03. The Morgan fingerprint density at radius 3 is 2.72 bits per heavy atom. The number of hydrogen-bond acceptors (Lipinski definition) is 5. The van der Waals surface area contributed by atoms with Crippen molar-refractivity contribution in [3.05, 3.63) is 28.3 Å². The summed E-state index contributed by atoms with van der Waals surface area (Å²) in [5.74, 6) is 0.294. The van der Waals surface area contributed by atoms with Crippen molar-refractivity contribution in [3.8, 4) is 5.75 Å². The summed E-state index contributed by atoms with van der Waals surface area (Å²) in [6, 6.07) is 4.95. The molecule has 0 bridgehead atoms. The smallest absolute Gasteiger partial charge is 0.311 e. The monoisotopic (exact) mass is 251 g/mol. The van der Waals surface area contributed by atoms with Crippen LogP contribution < -0.4 is 15.0 Å². The Morgan fingerprint density at radius 1 is 1.50 bits per heavy atom. The van der Waals surface area contributed by atoms with E-state index in [1.807, 2.05) is 0 Å². The number of anilines is 1. The zero-order chi connectivity index (χ0) is 13.3. The summed E-state index contributed by atoms with van der Waals surface area (Å²) in [6.07, 6.45) is 0. The summed E-state index contributed by atoms with van der Waals surface area (Å²) >= 11 is 0. The first kappa shape index (κ1) is 12.6. The summed E-state index contributed by atoms with van der Waals surface area (Å²) in [4.78, 5) is 12.5. The van der Waals surface area contributed by atoms with Crippen molar-refractivity contribution >= 4 is 11.4 Å². The quantitative estimate of drug-likeness (QED) is 0.654. The molecular weight excluding hydrogens is 234 g/mol. The van der Waals surface area contributed by atoms with E-state index in [2.05, 4.69) is 24.1 Å². The van der Waals surface area contributed by atoms with Crippen molar-refractivity contribution in [2.75, 3.05) is 25.2 Å². The first-order valence-corrected chi connectivity index (χ1v) is 5.75. The van der Waals surface area contributed by atoms with E-state index in [0.29, 0.717) is 5.75 Å². The predicted octanol–water partition coefficient (Wildman–Crippen LogP) is 1.75. The van der Waals surface area contributed by atoms with Gasteiger partial charge in [-0.3, -0.25) is 15.4 Å². The van der Waals surface area contributed by atoms with Crippen molar-refractivity contribution in [1.82, 2.24) is 5.32 Å². The van der Waals surface area contributed by atoms with E-state index in [1.54, 1.807) is 12.1 Å². The van der Waals surface area contributed by atoms with Gasteiger partial charge < -0.3 is 9.64 Å². The SMILES string of the molecule is COc1cc(N2CNC(C)(C)C2)ccc1[N+](=O)[O-]. The first-order valence-electron chi connectivity index (χ1n) is 5.75. The number of ether oxygens (including phenoxy) is 1. The van der Waals surface area contributed by atoms with Crippen LogP contribution in [0.2, 0.25) is 0 Å². The third-order valence-electron chi connectivity index (χ3n) is 3.06. The van der Waals surface area contributed by atoms with Gasteiger partial charge in [0.2, 0.25) is 0 Å². The molecule has 0 spiro atoms. The van der Waals surface area contributed by atoms with Crippen molar-refractivity contribution in [3.63, 3.8) is 0 Å². The summed E-state index contributed by atoms with van der Waals surface area (Å²) in [7, 11) is 1.44. The van der Waals surface area contributed by atoms with Gasteiger partial charge in [-0.05, 0) is 19.9 Å². The van der Waals surface area contributed by atoms with Gasteiger partial charge in [0.05, 0.1) is 18.7 Å². The number of nitrogens with one attached hydrogen (secondary N) is 1. The van der Waals surface area contributed by atoms with Gasteiger partial charge in [-0.1, -0.05) is 0 Å². The predicted molar refractivity (Wildman–Crippen MR) is 69.1 cm³/mol. The van der Waals surface area contributed by atoms with Crippen LogP contribution in [0.4, 0.5) is 11.4 Å². The first-order chi connectivity index (χ1) is 8.43. The Morgan fingerprint density at radius 2 is 2.22 bits per heavy atom. The average molecular weight is 251 g/mol. The largest absolute Gasteiger partial charge is 0.490 e. The van der Waals surface area contributed by atoms with E-state index in [9.17, 15) is 10.1 Å². The molecule has 0 amide bonds. The second kappa shape index (κ2) is 4.45. The fourth-order valence-electron chi connectivity index (χ4n) is 2.09. The third-order valence-corrected chi connectivity index (χ3v) is 3.06. The van der Waals surface area contributed by atoms with Crippen molar-refractivity contribution in [2.45, 2.75) is 19.4 Å². The highest BCUT2D eigenvalue weighted by molar-refractivity contribution is 5.59. The number of hydrogen-bond donors (Lipinski definition) is 1. The molecule has 98 valence electrons. The minimum absolute atomic E-state index is 0.00679. The Hall–Kier alpha value is -1.82. The van der Waals surface area contributed by atoms with Crippen molar-refractivity contribution in [2.24, 2.45) is 0 Å². The Labute approximate surface area is 106 Å². The number of benzene rings is 1. The van der Waals surface area contributed by atoms with E-state index >= 15 is 0 Å². The summed E-state index contributed by atoms with van der Waals surface area (Å²) < 4.78 is 5.07. The van der Waals surface area contributed by atoms with Crippen LogP contribution in [0.25, 0.3) is 0 Å². The van der Waals surface area contributed by atoms with Gasteiger partial charge in [0.25, 0.3) is 0 Å². The molecule has 1 aliphatic heterocycles. The number of nitrogens with zero attached hydrogens (tertiary/aromatic N) is 2.